The number of hydrogen-bond donors (Lipinski definition) is 0. The number of carbonyl (C=O) groups is 2. The molecule has 72 valence electrons. The van der Waals surface area contributed by atoms with Gasteiger partial charge in [0.2, 0.25) is 0 Å². The molecule has 0 amide bonds. The van der Waals surface area contributed by atoms with E-state index in [0.29, 0.717) is 0 Å². The topological polar surface area (TPSA) is 89.5 Å². The number of carboxylic acid groups (broad SMARTS) is 2. The standard InChI is InChI=1S/C8H10O5/c1-5(7(9)10)3-13-4-6(2)8(11)12/h1-4H2,(H,9,10)(H,11,12)/p-2. The first kappa shape index (κ1) is 11.4. The molecule has 0 aromatic heterocycles. The Hall–Kier alpha value is -1.62. The van der Waals surface area contributed by atoms with E-state index in [2.05, 4.69) is 17.9 Å². The number of carboxylic acids is 2. The average Bonchev–Trinajstić information content (AvgIpc) is 2.03. The molecule has 5 heteroatoms. The van der Waals surface area contributed by atoms with Crippen LogP contribution in [0.5, 0.6) is 0 Å². The van der Waals surface area contributed by atoms with E-state index >= 15 is 0 Å². The van der Waals surface area contributed by atoms with E-state index in [4.69, 9.17) is 0 Å². The van der Waals surface area contributed by atoms with Crippen LogP contribution in [0.1, 0.15) is 0 Å². The molecule has 5 nitrogen and oxygen atoms in total. The van der Waals surface area contributed by atoms with Gasteiger partial charge in [-0.1, -0.05) is 13.2 Å². The SMILES string of the molecule is C=C(COCC(=C)C(=O)[O-])C(=O)[O-]. The summed E-state index contributed by atoms with van der Waals surface area (Å²) in [7, 11) is 0. The average molecular weight is 184 g/mol. The number of ether oxygens (including phenoxy) is 1. The van der Waals surface area contributed by atoms with E-state index in [1.165, 1.54) is 0 Å². The van der Waals surface area contributed by atoms with Gasteiger partial charge in [-0.3, -0.25) is 0 Å². The van der Waals surface area contributed by atoms with E-state index in [9.17, 15) is 19.8 Å². The normalized spacial score (nSPS) is 9.23. The minimum atomic E-state index is -1.43. The molecule has 0 aromatic rings. The van der Waals surface area contributed by atoms with Gasteiger partial charge in [-0.25, -0.2) is 0 Å². The lowest BCUT2D eigenvalue weighted by molar-refractivity contribution is -0.300. The molecule has 0 rings (SSSR count). The lowest BCUT2D eigenvalue weighted by atomic mass is 10.3. The maximum Gasteiger partial charge on any atom is 0.0733 e. The molecule has 0 spiro atoms. The van der Waals surface area contributed by atoms with Crippen molar-refractivity contribution in [1.29, 1.82) is 0 Å². The number of aliphatic carboxylic acids is 2. The van der Waals surface area contributed by atoms with Crippen LogP contribution in [0.15, 0.2) is 24.3 Å². The van der Waals surface area contributed by atoms with Crippen LogP contribution in [0.4, 0.5) is 0 Å². The van der Waals surface area contributed by atoms with Gasteiger partial charge in [-0.15, -0.1) is 0 Å². The van der Waals surface area contributed by atoms with E-state index in [-0.39, 0.29) is 24.4 Å². The van der Waals surface area contributed by atoms with Crippen LogP contribution in [-0.4, -0.2) is 25.2 Å². The first-order valence-electron chi connectivity index (χ1n) is 3.31. The van der Waals surface area contributed by atoms with Crippen molar-refractivity contribution in [3.63, 3.8) is 0 Å². The summed E-state index contributed by atoms with van der Waals surface area (Å²) in [5.74, 6) is -2.86. The first-order valence-corrected chi connectivity index (χ1v) is 3.31. The summed E-state index contributed by atoms with van der Waals surface area (Å²) in [6.07, 6.45) is 0. The number of rotatable bonds is 6. The Balaban J connectivity index is 3.69. The summed E-state index contributed by atoms with van der Waals surface area (Å²) in [4.78, 5) is 20.1. The minimum Gasteiger partial charge on any atom is -0.545 e. The molecule has 0 N–H and O–H groups in total. The van der Waals surface area contributed by atoms with Crippen LogP contribution in [0.3, 0.4) is 0 Å². The number of carbonyl (C=O) groups excluding carboxylic acids is 2. The molecule has 0 unspecified atom stereocenters. The van der Waals surface area contributed by atoms with E-state index in [0.717, 1.165) is 0 Å². The van der Waals surface area contributed by atoms with Crippen molar-refractivity contribution in [1.82, 2.24) is 0 Å². The minimum absolute atomic E-state index is 0.258. The monoisotopic (exact) mass is 184 g/mol. The molecule has 0 fully saturated rings. The van der Waals surface area contributed by atoms with Gasteiger partial charge in [0.05, 0.1) is 25.2 Å². The van der Waals surface area contributed by atoms with Crippen LogP contribution in [0.25, 0.3) is 0 Å². The summed E-state index contributed by atoms with van der Waals surface area (Å²) in [6, 6.07) is 0. The number of hydrogen-bond acceptors (Lipinski definition) is 5. The van der Waals surface area contributed by atoms with Gasteiger partial charge < -0.3 is 24.5 Å². The second-order valence-corrected chi connectivity index (χ2v) is 2.27. The Bertz CT molecular complexity index is 227. The molecule has 0 aliphatic carbocycles. The highest BCUT2D eigenvalue weighted by atomic mass is 16.5. The Morgan fingerprint density at radius 1 is 1.00 bits per heavy atom. The van der Waals surface area contributed by atoms with Crippen LogP contribution < -0.4 is 10.2 Å². The quantitative estimate of drug-likeness (QED) is 0.430. The highest BCUT2D eigenvalue weighted by Crippen LogP contribution is 1.93. The zero-order valence-electron chi connectivity index (χ0n) is 6.87. The predicted octanol–water partition coefficient (Wildman–Crippen LogP) is -2.38. The van der Waals surface area contributed by atoms with Crippen molar-refractivity contribution in [2.45, 2.75) is 0 Å². The third-order valence-electron chi connectivity index (χ3n) is 1.13. The zero-order valence-corrected chi connectivity index (χ0v) is 6.87. The summed E-state index contributed by atoms with van der Waals surface area (Å²) >= 11 is 0. The van der Waals surface area contributed by atoms with Gasteiger partial charge in [-0.2, -0.15) is 0 Å². The fourth-order valence-corrected chi connectivity index (χ4v) is 0.415. The summed E-state index contributed by atoms with van der Waals surface area (Å²) in [6.45, 7) is 5.64. The molecule has 13 heavy (non-hydrogen) atoms. The molecule has 0 aliphatic heterocycles. The highest BCUT2D eigenvalue weighted by Gasteiger charge is 1.97. The molecular formula is C8H8O5-2. The Morgan fingerprint density at radius 3 is 1.54 bits per heavy atom. The molecule has 0 saturated heterocycles. The fourth-order valence-electron chi connectivity index (χ4n) is 0.415. The van der Waals surface area contributed by atoms with E-state index in [1.54, 1.807) is 0 Å². The molecule has 0 bridgehead atoms. The molecule has 0 aliphatic rings. The maximum atomic E-state index is 10.1. The van der Waals surface area contributed by atoms with Crippen LogP contribution in [0, 0.1) is 0 Å². The van der Waals surface area contributed by atoms with Crippen LogP contribution in [0.2, 0.25) is 0 Å². The van der Waals surface area contributed by atoms with Crippen molar-refractivity contribution in [3.05, 3.63) is 24.3 Å². The Labute approximate surface area is 74.9 Å². The second kappa shape index (κ2) is 5.10. The third-order valence-corrected chi connectivity index (χ3v) is 1.13. The third kappa shape index (κ3) is 4.76. The Morgan fingerprint density at radius 2 is 1.31 bits per heavy atom. The van der Waals surface area contributed by atoms with Gasteiger partial charge in [0.15, 0.2) is 0 Å². The lowest BCUT2D eigenvalue weighted by Gasteiger charge is -2.09. The summed E-state index contributed by atoms with van der Waals surface area (Å²) in [5.41, 5.74) is -0.516. The van der Waals surface area contributed by atoms with Crippen molar-refractivity contribution in [2.75, 3.05) is 13.2 Å². The van der Waals surface area contributed by atoms with Crippen molar-refractivity contribution in [3.8, 4) is 0 Å². The Kier molecular flexibility index (Phi) is 4.47. The summed E-state index contributed by atoms with van der Waals surface area (Å²) < 4.78 is 4.64. The van der Waals surface area contributed by atoms with Gasteiger partial charge in [-0.05, 0) is 11.1 Å². The van der Waals surface area contributed by atoms with Gasteiger partial charge >= 0.3 is 0 Å². The van der Waals surface area contributed by atoms with Crippen molar-refractivity contribution in [2.24, 2.45) is 0 Å². The highest BCUT2D eigenvalue weighted by molar-refractivity contribution is 5.84. The van der Waals surface area contributed by atoms with Gasteiger partial charge in [0, 0.05) is 0 Å². The largest absolute Gasteiger partial charge is 0.545 e. The first-order chi connectivity index (χ1) is 5.95. The zero-order chi connectivity index (χ0) is 10.4. The van der Waals surface area contributed by atoms with Crippen molar-refractivity contribution >= 4 is 11.9 Å². The van der Waals surface area contributed by atoms with E-state index in [1.807, 2.05) is 0 Å². The van der Waals surface area contributed by atoms with E-state index < -0.39 is 11.9 Å². The predicted molar refractivity (Wildman–Crippen MR) is 39.1 cm³/mol. The molecule has 0 aromatic carbocycles. The molecule has 0 atom stereocenters. The van der Waals surface area contributed by atoms with Gasteiger partial charge in [0.25, 0.3) is 0 Å². The van der Waals surface area contributed by atoms with Crippen LogP contribution >= 0.6 is 0 Å². The maximum absolute atomic E-state index is 10.1. The second-order valence-electron chi connectivity index (χ2n) is 2.27. The van der Waals surface area contributed by atoms with Gasteiger partial charge in [0.1, 0.15) is 0 Å². The lowest BCUT2D eigenvalue weighted by Crippen LogP contribution is -2.28. The summed E-state index contributed by atoms with van der Waals surface area (Å²) in [5, 5.41) is 20.1. The smallest absolute Gasteiger partial charge is 0.0733 e. The fraction of sp³-hybridized carbons (Fsp3) is 0.250. The molecule has 0 radical (unpaired) electrons. The molecule has 0 heterocycles. The molecule has 0 saturated carbocycles. The molecular weight excluding hydrogens is 176 g/mol. The van der Waals surface area contributed by atoms with Crippen molar-refractivity contribution < 1.29 is 24.5 Å². The van der Waals surface area contributed by atoms with Crippen LogP contribution in [-0.2, 0) is 14.3 Å².